The van der Waals surface area contributed by atoms with Crippen molar-refractivity contribution >= 4 is 12.0 Å². The summed E-state index contributed by atoms with van der Waals surface area (Å²) < 4.78 is 5.34. The Bertz CT molecular complexity index is 403. The molecule has 0 saturated carbocycles. The van der Waals surface area contributed by atoms with Gasteiger partial charge >= 0.3 is 5.69 Å². The van der Waals surface area contributed by atoms with Gasteiger partial charge in [0.1, 0.15) is 6.29 Å². The quantitative estimate of drug-likeness (QED) is 0.316. The second kappa shape index (κ2) is 6.62. The van der Waals surface area contributed by atoms with Crippen LogP contribution in [0.1, 0.15) is 36.5 Å². The molecule has 1 aromatic carbocycles. The van der Waals surface area contributed by atoms with Gasteiger partial charge in [0.25, 0.3) is 0 Å². The number of nitrogens with zero attached hydrogens (tertiary/aromatic N) is 1. The Kier molecular flexibility index (Phi) is 5.13. The van der Waals surface area contributed by atoms with Gasteiger partial charge in [0.15, 0.2) is 5.75 Å². The topological polar surface area (TPSA) is 69.4 Å². The first kappa shape index (κ1) is 13.2. The Morgan fingerprint density at radius 3 is 2.76 bits per heavy atom. The molecule has 1 rings (SSSR count). The molecule has 0 saturated heterocycles. The maximum absolute atomic E-state index is 10.8. The van der Waals surface area contributed by atoms with E-state index in [1.807, 2.05) is 0 Å². The Morgan fingerprint density at radius 1 is 1.41 bits per heavy atom. The molecule has 0 heterocycles. The van der Waals surface area contributed by atoms with Gasteiger partial charge in [0, 0.05) is 11.6 Å². The molecular formula is C12H15NO4. The molecule has 1 aromatic rings. The number of carbonyl (C=O) groups excluding carboxylic acids is 1. The van der Waals surface area contributed by atoms with E-state index < -0.39 is 4.92 Å². The number of benzene rings is 1. The third-order valence-electron chi connectivity index (χ3n) is 2.32. The lowest BCUT2D eigenvalue weighted by atomic mass is 10.2. The highest BCUT2D eigenvalue weighted by Gasteiger charge is 2.15. The number of carbonyl (C=O) groups is 1. The maximum Gasteiger partial charge on any atom is 0.311 e. The van der Waals surface area contributed by atoms with E-state index in [1.54, 1.807) is 0 Å². The van der Waals surface area contributed by atoms with Crippen molar-refractivity contribution in [3.05, 3.63) is 33.9 Å². The maximum atomic E-state index is 10.8. The molecule has 0 aliphatic rings. The van der Waals surface area contributed by atoms with Crippen LogP contribution in [0.25, 0.3) is 0 Å². The van der Waals surface area contributed by atoms with Crippen LogP contribution < -0.4 is 4.74 Å². The first-order valence-electron chi connectivity index (χ1n) is 5.55. The third-order valence-corrected chi connectivity index (χ3v) is 2.32. The van der Waals surface area contributed by atoms with E-state index in [0.717, 1.165) is 19.3 Å². The SMILES string of the molecule is CCCCCOc1ccc(C=O)cc1[N+](=O)[O-]. The Hall–Kier alpha value is -1.91. The summed E-state index contributed by atoms with van der Waals surface area (Å²) in [4.78, 5) is 20.8. The Labute approximate surface area is 99.5 Å². The zero-order valence-electron chi connectivity index (χ0n) is 9.72. The van der Waals surface area contributed by atoms with E-state index in [4.69, 9.17) is 4.74 Å². The molecule has 17 heavy (non-hydrogen) atoms. The van der Waals surface area contributed by atoms with Crippen LogP contribution in [0.4, 0.5) is 5.69 Å². The van der Waals surface area contributed by atoms with Crippen molar-refractivity contribution in [2.45, 2.75) is 26.2 Å². The number of nitro groups is 1. The lowest BCUT2D eigenvalue weighted by Crippen LogP contribution is -2.01. The van der Waals surface area contributed by atoms with Gasteiger partial charge in [-0.15, -0.1) is 0 Å². The van der Waals surface area contributed by atoms with Crippen molar-refractivity contribution in [2.24, 2.45) is 0 Å². The molecule has 0 aromatic heterocycles. The summed E-state index contributed by atoms with van der Waals surface area (Å²) in [6.45, 7) is 2.52. The first-order valence-corrected chi connectivity index (χ1v) is 5.55. The summed E-state index contributed by atoms with van der Waals surface area (Å²) in [7, 11) is 0. The molecule has 0 aliphatic heterocycles. The van der Waals surface area contributed by atoms with E-state index in [0.29, 0.717) is 12.9 Å². The van der Waals surface area contributed by atoms with E-state index in [2.05, 4.69) is 6.92 Å². The van der Waals surface area contributed by atoms with Gasteiger partial charge < -0.3 is 4.74 Å². The number of rotatable bonds is 7. The summed E-state index contributed by atoms with van der Waals surface area (Å²) in [6.07, 6.45) is 3.53. The molecule has 0 atom stereocenters. The van der Waals surface area contributed by atoms with Gasteiger partial charge in [-0.25, -0.2) is 0 Å². The van der Waals surface area contributed by atoms with Gasteiger partial charge in [-0.1, -0.05) is 19.8 Å². The summed E-state index contributed by atoms with van der Waals surface area (Å²) in [5, 5.41) is 10.8. The van der Waals surface area contributed by atoms with Crippen LogP contribution in [0.3, 0.4) is 0 Å². The summed E-state index contributed by atoms with van der Waals surface area (Å²) in [6, 6.07) is 4.20. The summed E-state index contributed by atoms with van der Waals surface area (Å²) in [5.74, 6) is 0.219. The normalized spacial score (nSPS) is 9.94. The van der Waals surface area contributed by atoms with Gasteiger partial charge in [-0.3, -0.25) is 14.9 Å². The molecule has 92 valence electrons. The molecule has 0 fully saturated rings. The van der Waals surface area contributed by atoms with Gasteiger partial charge in [-0.05, 0) is 18.6 Å². The van der Waals surface area contributed by atoms with E-state index in [1.165, 1.54) is 18.2 Å². The number of nitro benzene ring substituents is 1. The molecular weight excluding hydrogens is 222 g/mol. The van der Waals surface area contributed by atoms with Crippen molar-refractivity contribution < 1.29 is 14.5 Å². The van der Waals surface area contributed by atoms with Crippen LogP contribution in [0, 0.1) is 10.1 Å². The van der Waals surface area contributed by atoms with Crippen LogP contribution in [0.15, 0.2) is 18.2 Å². The Balaban J connectivity index is 2.76. The zero-order chi connectivity index (χ0) is 12.7. The second-order valence-corrected chi connectivity index (χ2v) is 3.66. The van der Waals surface area contributed by atoms with E-state index >= 15 is 0 Å². The molecule has 5 heteroatoms. The highest BCUT2D eigenvalue weighted by molar-refractivity contribution is 5.77. The molecule has 0 unspecified atom stereocenters. The lowest BCUT2D eigenvalue weighted by Gasteiger charge is -2.06. The summed E-state index contributed by atoms with van der Waals surface area (Å²) in [5.41, 5.74) is 0.115. The highest BCUT2D eigenvalue weighted by atomic mass is 16.6. The minimum atomic E-state index is -0.540. The predicted octanol–water partition coefficient (Wildman–Crippen LogP) is 2.98. The van der Waals surface area contributed by atoms with Gasteiger partial charge in [0.2, 0.25) is 0 Å². The van der Waals surface area contributed by atoms with E-state index in [-0.39, 0.29) is 17.0 Å². The lowest BCUT2D eigenvalue weighted by molar-refractivity contribution is -0.385. The molecule has 0 bridgehead atoms. The minimum Gasteiger partial charge on any atom is -0.487 e. The van der Waals surface area contributed by atoms with Crippen LogP contribution in [0.5, 0.6) is 5.75 Å². The van der Waals surface area contributed by atoms with Crippen molar-refractivity contribution in [2.75, 3.05) is 6.61 Å². The highest BCUT2D eigenvalue weighted by Crippen LogP contribution is 2.27. The number of aldehydes is 1. The minimum absolute atomic E-state index is 0.161. The summed E-state index contributed by atoms with van der Waals surface area (Å²) >= 11 is 0. The van der Waals surface area contributed by atoms with Crippen molar-refractivity contribution in [1.82, 2.24) is 0 Å². The fourth-order valence-corrected chi connectivity index (χ4v) is 1.41. The van der Waals surface area contributed by atoms with Crippen molar-refractivity contribution in [3.63, 3.8) is 0 Å². The average molecular weight is 237 g/mol. The van der Waals surface area contributed by atoms with Gasteiger partial charge in [-0.2, -0.15) is 0 Å². The monoisotopic (exact) mass is 237 g/mol. The average Bonchev–Trinajstić information content (AvgIpc) is 2.34. The molecule has 5 nitrogen and oxygen atoms in total. The van der Waals surface area contributed by atoms with E-state index in [9.17, 15) is 14.9 Å². The van der Waals surface area contributed by atoms with Crippen LogP contribution >= 0.6 is 0 Å². The van der Waals surface area contributed by atoms with Crippen molar-refractivity contribution in [3.8, 4) is 5.75 Å². The number of hydrogen-bond donors (Lipinski definition) is 0. The first-order chi connectivity index (χ1) is 8.19. The molecule has 0 radical (unpaired) electrons. The molecule has 0 N–H and O–H groups in total. The third kappa shape index (κ3) is 3.86. The largest absolute Gasteiger partial charge is 0.487 e. The van der Waals surface area contributed by atoms with Crippen LogP contribution in [0.2, 0.25) is 0 Å². The smallest absolute Gasteiger partial charge is 0.311 e. The Morgan fingerprint density at radius 2 is 2.18 bits per heavy atom. The number of hydrogen-bond acceptors (Lipinski definition) is 4. The molecule has 0 amide bonds. The standard InChI is InChI=1S/C12H15NO4/c1-2-3-4-7-17-12-6-5-10(9-14)8-11(12)13(15)16/h5-6,8-9H,2-4,7H2,1H3. The fraction of sp³-hybridized carbons (Fsp3) is 0.417. The number of ether oxygens (including phenoxy) is 1. The zero-order valence-corrected chi connectivity index (χ0v) is 9.72. The molecule has 0 aliphatic carbocycles. The van der Waals surface area contributed by atoms with Crippen LogP contribution in [-0.4, -0.2) is 17.8 Å². The molecule has 0 spiro atoms. The van der Waals surface area contributed by atoms with Gasteiger partial charge in [0.05, 0.1) is 11.5 Å². The van der Waals surface area contributed by atoms with Crippen molar-refractivity contribution in [1.29, 1.82) is 0 Å². The fourth-order valence-electron chi connectivity index (χ4n) is 1.41. The predicted molar refractivity (Wildman–Crippen MR) is 63.5 cm³/mol. The second-order valence-electron chi connectivity index (χ2n) is 3.66. The number of unbranched alkanes of at least 4 members (excludes halogenated alkanes) is 2. The van der Waals surface area contributed by atoms with Crippen LogP contribution in [-0.2, 0) is 0 Å².